The Kier molecular flexibility index (Phi) is 5.02. The Hall–Kier alpha value is -2.11. The zero-order chi connectivity index (χ0) is 17.0. The predicted octanol–water partition coefficient (Wildman–Crippen LogP) is 5.02. The Bertz CT molecular complexity index is 692. The first kappa shape index (κ1) is 16.7. The van der Waals surface area contributed by atoms with Crippen LogP contribution in [0, 0.1) is 17.2 Å². The summed E-state index contributed by atoms with van der Waals surface area (Å²) >= 11 is 0. The van der Waals surface area contributed by atoms with Crippen LogP contribution >= 0.6 is 0 Å². The Morgan fingerprint density at radius 2 is 1.50 bits per heavy atom. The largest absolute Gasteiger partial charge is 0.333 e. The van der Waals surface area contributed by atoms with Gasteiger partial charge in [-0.25, -0.2) is 0 Å². The van der Waals surface area contributed by atoms with Crippen molar-refractivity contribution < 1.29 is 0 Å². The minimum absolute atomic E-state index is 0.434. The molecule has 0 unspecified atom stereocenters. The summed E-state index contributed by atoms with van der Waals surface area (Å²) in [5.74, 6) is 0.987. The van der Waals surface area contributed by atoms with Crippen LogP contribution in [0.1, 0.15) is 49.7 Å². The molecule has 2 aliphatic rings. The maximum Gasteiger partial charge on any atom is 0.108 e. The highest BCUT2D eigenvalue weighted by Gasteiger charge is 2.42. The fourth-order valence-electron chi connectivity index (χ4n) is 4.00. The maximum atomic E-state index is 10.1. The molecule has 2 heteroatoms. The summed E-state index contributed by atoms with van der Waals surface area (Å²) in [4.78, 5) is 0. The van der Waals surface area contributed by atoms with Crippen LogP contribution in [-0.2, 0) is 5.41 Å². The van der Waals surface area contributed by atoms with E-state index in [1.165, 1.54) is 55.0 Å². The molecule has 0 atom stereocenters. The molecule has 2 aromatic carbocycles. The zero-order valence-electron chi connectivity index (χ0n) is 14.5. The van der Waals surface area contributed by atoms with E-state index in [0.717, 1.165) is 18.8 Å². The number of unbranched alkanes of at least 4 members (excludes halogenated alkanes) is 1. The third kappa shape index (κ3) is 2.85. The third-order valence-corrected chi connectivity index (χ3v) is 5.37. The van der Waals surface area contributed by atoms with Gasteiger partial charge < -0.3 is 5.73 Å². The number of rotatable bonds is 5. The van der Waals surface area contributed by atoms with Crippen molar-refractivity contribution >= 4 is 0 Å². The SMILES string of the molecule is CN.N#CC1(CCCCC2CC2)c2ccccc2-c2ccccc21. The van der Waals surface area contributed by atoms with Gasteiger partial charge in [0.05, 0.1) is 6.07 Å². The molecule has 1 fully saturated rings. The first-order valence-electron chi connectivity index (χ1n) is 9.03. The minimum atomic E-state index is -0.434. The molecule has 4 rings (SSSR count). The van der Waals surface area contributed by atoms with Gasteiger partial charge >= 0.3 is 0 Å². The standard InChI is InChI=1S/C21H21N.CH5N/c22-15-21(14-6-5-7-16-12-13-16)19-10-3-1-8-17(19)18-9-2-4-11-20(18)21;1-2/h1-4,8-11,16H,5-7,12-14H2;2H2,1H3. The molecule has 0 aliphatic heterocycles. The van der Waals surface area contributed by atoms with E-state index >= 15 is 0 Å². The van der Waals surface area contributed by atoms with Crippen LogP contribution in [0.2, 0.25) is 0 Å². The smallest absolute Gasteiger partial charge is 0.108 e. The Morgan fingerprint density at radius 3 is 2.00 bits per heavy atom. The van der Waals surface area contributed by atoms with Gasteiger partial charge in [-0.15, -0.1) is 0 Å². The van der Waals surface area contributed by atoms with Crippen molar-refractivity contribution in [1.82, 2.24) is 0 Å². The van der Waals surface area contributed by atoms with Crippen LogP contribution in [0.4, 0.5) is 0 Å². The van der Waals surface area contributed by atoms with E-state index < -0.39 is 5.41 Å². The van der Waals surface area contributed by atoms with E-state index in [9.17, 15) is 5.26 Å². The number of fused-ring (bicyclic) bond motifs is 3. The second-order valence-electron chi connectivity index (χ2n) is 6.80. The summed E-state index contributed by atoms with van der Waals surface area (Å²) in [6, 6.07) is 19.6. The fourth-order valence-corrected chi connectivity index (χ4v) is 4.00. The van der Waals surface area contributed by atoms with Gasteiger partial charge in [-0.05, 0) is 41.6 Å². The van der Waals surface area contributed by atoms with E-state index in [0.29, 0.717) is 0 Å². The summed E-state index contributed by atoms with van der Waals surface area (Å²) in [6.07, 6.45) is 7.56. The summed E-state index contributed by atoms with van der Waals surface area (Å²) in [5.41, 5.74) is 9.00. The molecule has 0 amide bonds. The molecule has 0 heterocycles. The monoisotopic (exact) mass is 318 g/mol. The van der Waals surface area contributed by atoms with E-state index in [4.69, 9.17) is 0 Å². The topological polar surface area (TPSA) is 49.8 Å². The lowest BCUT2D eigenvalue weighted by Gasteiger charge is -2.24. The van der Waals surface area contributed by atoms with E-state index in [-0.39, 0.29) is 0 Å². The lowest BCUT2D eigenvalue weighted by molar-refractivity contribution is 0.526. The van der Waals surface area contributed by atoms with Gasteiger partial charge in [-0.3, -0.25) is 0 Å². The van der Waals surface area contributed by atoms with Gasteiger partial charge in [0.15, 0.2) is 0 Å². The number of nitrogens with zero attached hydrogens (tertiary/aromatic N) is 1. The molecule has 24 heavy (non-hydrogen) atoms. The fraction of sp³-hybridized carbons (Fsp3) is 0.409. The number of nitriles is 1. The van der Waals surface area contributed by atoms with Crippen LogP contribution in [0.25, 0.3) is 11.1 Å². The molecule has 2 aliphatic carbocycles. The molecule has 2 aromatic rings. The van der Waals surface area contributed by atoms with Crippen molar-refractivity contribution in [2.45, 2.75) is 43.9 Å². The van der Waals surface area contributed by atoms with Crippen LogP contribution < -0.4 is 5.73 Å². The summed E-state index contributed by atoms with van der Waals surface area (Å²) < 4.78 is 0. The van der Waals surface area contributed by atoms with Crippen molar-refractivity contribution in [3.8, 4) is 17.2 Å². The average molecular weight is 318 g/mol. The third-order valence-electron chi connectivity index (χ3n) is 5.37. The highest BCUT2D eigenvalue weighted by atomic mass is 14.5. The molecule has 0 saturated heterocycles. The van der Waals surface area contributed by atoms with E-state index in [1.807, 2.05) is 0 Å². The molecular weight excluding hydrogens is 292 g/mol. The summed E-state index contributed by atoms with van der Waals surface area (Å²) in [5, 5.41) is 10.1. The van der Waals surface area contributed by atoms with Crippen molar-refractivity contribution in [2.75, 3.05) is 7.05 Å². The lowest BCUT2D eigenvalue weighted by atomic mass is 9.75. The highest BCUT2D eigenvalue weighted by molar-refractivity contribution is 5.82. The lowest BCUT2D eigenvalue weighted by Crippen LogP contribution is -2.22. The first-order valence-corrected chi connectivity index (χ1v) is 9.03. The van der Waals surface area contributed by atoms with E-state index in [2.05, 4.69) is 60.3 Å². The second kappa shape index (κ2) is 7.20. The van der Waals surface area contributed by atoms with Crippen molar-refractivity contribution in [2.24, 2.45) is 11.7 Å². The molecular formula is C22H26N2. The highest BCUT2D eigenvalue weighted by Crippen LogP contribution is 2.51. The zero-order valence-corrected chi connectivity index (χ0v) is 14.5. The summed E-state index contributed by atoms with van der Waals surface area (Å²) in [7, 11) is 1.50. The minimum Gasteiger partial charge on any atom is -0.333 e. The van der Waals surface area contributed by atoms with Gasteiger partial charge in [0.25, 0.3) is 0 Å². The maximum absolute atomic E-state index is 10.1. The number of benzene rings is 2. The van der Waals surface area contributed by atoms with Gasteiger partial charge in [0.1, 0.15) is 5.41 Å². The van der Waals surface area contributed by atoms with Crippen molar-refractivity contribution in [3.63, 3.8) is 0 Å². The van der Waals surface area contributed by atoms with Crippen LogP contribution in [-0.4, -0.2) is 7.05 Å². The normalized spacial score (nSPS) is 16.4. The van der Waals surface area contributed by atoms with E-state index in [1.54, 1.807) is 0 Å². The van der Waals surface area contributed by atoms with Gasteiger partial charge in [0, 0.05) is 0 Å². The quantitative estimate of drug-likeness (QED) is 0.787. The van der Waals surface area contributed by atoms with Crippen molar-refractivity contribution in [3.05, 3.63) is 59.7 Å². The number of nitrogens with two attached hydrogens (primary N) is 1. The Balaban J connectivity index is 0.000000815. The molecule has 2 N–H and O–H groups in total. The molecule has 2 nitrogen and oxygen atoms in total. The first-order chi connectivity index (χ1) is 11.8. The predicted molar refractivity (Wildman–Crippen MR) is 99.6 cm³/mol. The Morgan fingerprint density at radius 1 is 0.958 bits per heavy atom. The molecule has 1 saturated carbocycles. The van der Waals surface area contributed by atoms with Crippen LogP contribution in [0.15, 0.2) is 48.5 Å². The average Bonchev–Trinajstić information content (AvgIpc) is 3.44. The summed E-state index contributed by atoms with van der Waals surface area (Å²) in [6.45, 7) is 0. The van der Waals surface area contributed by atoms with Crippen LogP contribution in [0.5, 0.6) is 0 Å². The number of hydrogen-bond donors (Lipinski definition) is 1. The second-order valence-corrected chi connectivity index (χ2v) is 6.80. The Labute approximate surface area is 145 Å². The molecule has 0 spiro atoms. The molecule has 0 radical (unpaired) electrons. The van der Waals surface area contributed by atoms with Gasteiger partial charge in [-0.1, -0.05) is 80.6 Å². The van der Waals surface area contributed by atoms with Crippen LogP contribution in [0.3, 0.4) is 0 Å². The molecule has 0 aromatic heterocycles. The molecule has 124 valence electrons. The van der Waals surface area contributed by atoms with Gasteiger partial charge in [0.2, 0.25) is 0 Å². The van der Waals surface area contributed by atoms with Crippen molar-refractivity contribution in [1.29, 1.82) is 5.26 Å². The molecule has 0 bridgehead atoms. The number of hydrogen-bond acceptors (Lipinski definition) is 2. The van der Waals surface area contributed by atoms with Gasteiger partial charge in [-0.2, -0.15) is 5.26 Å².